The van der Waals surface area contributed by atoms with Crippen LogP contribution in [0.5, 0.6) is 0 Å². The Morgan fingerprint density at radius 2 is 2.38 bits per heavy atom. The summed E-state index contributed by atoms with van der Waals surface area (Å²) in [6.45, 7) is 4.25. The van der Waals surface area contributed by atoms with Crippen molar-refractivity contribution in [3.63, 3.8) is 0 Å². The highest BCUT2D eigenvalue weighted by Gasteiger charge is 2.32. The molecule has 2 unspecified atom stereocenters. The van der Waals surface area contributed by atoms with E-state index in [1.54, 1.807) is 6.08 Å². The number of allylic oxidation sites excluding steroid dienone is 1. The zero-order valence-corrected chi connectivity index (χ0v) is 8.72. The second kappa shape index (κ2) is 4.24. The average Bonchev–Trinajstić information content (AvgIpc) is 2.49. The van der Waals surface area contributed by atoms with Crippen LogP contribution in [0.4, 0.5) is 0 Å². The molecule has 0 aliphatic carbocycles. The van der Waals surface area contributed by atoms with Crippen LogP contribution in [0.15, 0.2) is 12.7 Å². The van der Waals surface area contributed by atoms with Crippen molar-refractivity contribution in [2.45, 2.75) is 30.6 Å². The highest BCUT2D eigenvalue weighted by atomic mass is 32.2. The fraction of sp³-hybridized carbons (Fsp3) is 0.778. The predicted octanol–water partition coefficient (Wildman–Crippen LogP) is 1.15. The molecule has 0 amide bonds. The molecule has 0 spiro atoms. The van der Waals surface area contributed by atoms with Gasteiger partial charge in [0.15, 0.2) is 9.84 Å². The van der Waals surface area contributed by atoms with E-state index in [1.165, 1.54) is 6.26 Å². The van der Waals surface area contributed by atoms with Crippen LogP contribution in [0.1, 0.15) is 19.3 Å². The van der Waals surface area contributed by atoms with Gasteiger partial charge in [0.2, 0.25) is 0 Å². The van der Waals surface area contributed by atoms with Gasteiger partial charge in [0, 0.05) is 12.9 Å². The van der Waals surface area contributed by atoms with Gasteiger partial charge < -0.3 is 4.74 Å². The molecule has 3 nitrogen and oxygen atoms in total. The monoisotopic (exact) mass is 204 g/mol. The Kier molecular flexibility index (Phi) is 3.50. The normalized spacial score (nSPS) is 25.8. The lowest BCUT2D eigenvalue weighted by Gasteiger charge is -2.19. The molecule has 13 heavy (non-hydrogen) atoms. The number of ether oxygens (including phenoxy) is 1. The molecule has 0 radical (unpaired) electrons. The minimum Gasteiger partial charge on any atom is -0.377 e. The van der Waals surface area contributed by atoms with Crippen molar-refractivity contribution in [2.24, 2.45) is 0 Å². The van der Waals surface area contributed by atoms with Crippen molar-refractivity contribution >= 4 is 9.84 Å². The van der Waals surface area contributed by atoms with Crippen LogP contribution in [0.25, 0.3) is 0 Å². The summed E-state index contributed by atoms with van der Waals surface area (Å²) in [4.78, 5) is 0. The Hall–Kier alpha value is -0.350. The van der Waals surface area contributed by atoms with Crippen molar-refractivity contribution in [2.75, 3.05) is 12.9 Å². The highest BCUT2D eigenvalue weighted by molar-refractivity contribution is 7.91. The SMILES string of the molecule is C=CCC(C1CCCO1)S(C)(=O)=O. The maximum absolute atomic E-state index is 11.4. The van der Waals surface area contributed by atoms with Gasteiger partial charge in [-0.25, -0.2) is 8.42 Å². The quantitative estimate of drug-likeness (QED) is 0.645. The van der Waals surface area contributed by atoms with Crippen LogP contribution in [-0.4, -0.2) is 32.6 Å². The molecule has 1 fully saturated rings. The third-order valence-corrected chi connectivity index (χ3v) is 3.92. The molecule has 2 atom stereocenters. The fourth-order valence-corrected chi connectivity index (χ4v) is 2.91. The molecular formula is C9H16O3S. The first-order valence-electron chi connectivity index (χ1n) is 4.47. The molecule has 0 aromatic rings. The first-order valence-corrected chi connectivity index (χ1v) is 6.42. The smallest absolute Gasteiger partial charge is 0.153 e. The zero-order valence-electron chi connectivity index (χ0n) is 7.90. The third kappa shape index (κ3) is 2.81. The van der Waals surface area contributed by atoms with Crippen LogP contribution in [-0.2, 0) is 14.6 Å². The molecule has 1 aliphatic heterocycles. The minimum absolute atomic E-state index is 0.118. The van der Waals surface area contributed by atoms with Crippen molar-refractivity contribution < 1.29 is 13.2 Å². The number of rotatable bonds is 4. The number of hydrogen-bond acceptors (Lipinski definition) is 3. The highest BCUT2D eigenvalue weighted by Crippen LogP contribution is 2.22. The maximum atomic E-state index is 11.4. The van der Waals surface area contributed by atoms with Crippen LogP contribution >= 0.6 is 0 Å². The Morgan fingerprint density at radius 3 is 2.77 bits per heavy atom. The van der Waals surface area contributed by atoms with Crippen molar-refractivity contribution in [1.82, 2.24) is 0 Å². The summed E-state index contributed by atoms with van der Waals surface area (Å²) in [5.41, 5.74) is 0. The molecule has 0 saturated carbocycles. The Balaban J connectivity index is 2.72. The molecule has 0 aromatic heterocycles. The summed E-state index contributed by atoms with van der Waals surface area (Å²) < 4.78 is 28.1. The number of sulfone groups is 1. The van der Waals surface area contributed by atoms with E-state index in [2.05, 4.69) is 6.58 Å². The van der Waals surface area contributed by atoms with Gasteiger partial charge in [0.25, 0.3) is 0 Å². The summed E-state index contributed by atoms with van der Waals surface area (Å²) in [5, 5.41) is -0.396. The van der Waals surface area contributed by atoms with Crippen LogP contribution in [0.2, 0.25) is 0 Å². The number of hydrogen-bond donors (Lipinski definition) is 0. The maximum Gasteiger partial charge on any atom is 0.153 e. The van der Waals surface area contributed by atoms with Gasteiger partial charge in [0.05, 0.1) is 11.4 Å². The van der Waals surface area contributed by atoms with Crippen LogP contribution < -0.4 is 0 Å². The molecule has 1 saturated heterocycles. The molecule has 1 heterocycles. The summed E-state index contributed by atoms with van der Waals surface area (Å²) in [5.74, 6) is 0. The summed E-state index contributed by atoms with van der Waals surface area (Å²) >= 11 is 0. The van der Waals surface area contributed by atoms with Gasteiger partial charge in [-0.05, 0) is 19.3 Å². The largest absolute Gasteiger partial charge is 0.377 e. The van der Waals surface area contributed by atoms with E-state index in [9.17, 15) is 8.42 Å². The topological polar surface area (TPSA) is 43.4 Å². The van der Waals surface area contributed by atoms with E-state index >= 15 is 0 Å². The average molecular weight is 204 g/mol. The van der Waals surface area contributed by atoms with Gasteiger partial charge in [-0.15, -0.1) is 6.58 Å². The molecular weight excluding hydrogens is 188 g/mol. The van der Waals surface area contributed by atoms with Crippen molar-refractivity contribution in [3.05, 3.63) is 12.7 Å². The molecule has 0 bridgehead atoms. The van der Waals surface area contributed by atoms with Gasteiger partial charge >= 0.3 is 0 Å². The van der Waals surface area contributed by atoms with E-state index in [1.807, 2.05) is 0 Å². The molecule has 0 aromatic carbocycles. The van der Waals surface area contributed by atoms with Crippen LogP contribution in [0, 0.1) is 0 Å². The Morgan fingerprint density at radius 1 is 1.69 bits per heavy atom. The Bertz CT molecular complexity index is 263. The van der Waals surface area contributed by atoms with Gasteiger partial charge in [0.1, 0.15) is 0 Å². The van der Waals surface area contributed by atoms with E-state index in [4.69, 9.17) is 4.74 Å². The summed E-state index contributed by atoms with van der Waals surface area (Å²) in [7, 11) is -3.01. The fourth-order valence-electron chi connectivity index (χ4n) is 1.66. The molecule has 1 aliphatic rings. The van der Waals surface area contributed by atoms with Crippen LogP contribution in [0.3, 0.4) is 0 Å². The standard InChI is InChI=1S/C9H16O3S/c1-3-5-9(13(2,10)11)8-6-4-7-12-8/h3,8-9H,1,4-7H2,2H3. The zero-order chi connectivity index (χ0) is 9.90. The summed E-state index contributed by atoms with van der Waals surface area (Å²) in [6.07, 6.45) is 5.10. The van der Waals surface area contributed by atoms with Crippen molar-refractivity contribution in [1.29, 1.82) is 0 Å². The van der Waals surface area contributed by atoms with Gasteiger partial charge in [-0.1, -0.05) is 6.08 Å². The lowest BCUT2D eigenvalue weighted by atomic mass is 10.1. The first-order chi connectivity index (χ1) is 6.05. The van der Waals surface area contributed by atoms with E-state index in [0.717, 1.165) is 12.8 Å². The second-order valence-corrected chi connectivity index (χ2v) is 5.71. The van der Waals surface area contributed by atoms with E-state index in [0.29, 0.717) is 13.0 Å². The first kappa shape index (κ1) is 10.7. The molecule has 0 N–H and O–H groups in total. The Labute approximate surface area is 79.7 Å². The summed E-state index contributed by atoms with van der Waals surface area (Å²) in [6, 6.07) is 0. The molecule has 1 rings (SSSR count). The van der Waals surface area contributed by atoms with Crippen molar-refractivity contribution in [3.8, 4) is 0 Å². The van der Waals surface area contributed by atoms with Gasteiger partial charge in [-0.2, -0.15) is 0 Å². The second-order valence-electron chi connectivity index (χ2n) is 3.44. The van der Waals surface area contributed by atoms with E-state index in [-0.39, 0.29) is 6.10 Å². The van der Waals surface area contributed by atoms with E-state index < -0.39 is 15.1 Å². The van der Waals surface area contributed by atoms with Gasteiger partial charge in [-0.3, -0.25) is 0 Å². The lowest BCUT2D eigenvalue weighted by Crippen LogP contribution is -2.32. The lowest BCUT2D eigenvalue weighted by molar-refractivity contribution is 0.107. The molecule has 4 heteroatoms. The third-order valence-electron chi connectivity index (χ3n) is 2.33. The minimum atomic E-state index is -3.01. The molecule has 76 valence electrons. The predicted molar refractivity (Wildman–Crippen MR) is 52.4 cm³/mol.